The van der Waals surface area contributed by atoms with Gasteiger partial charge in [0.2, 0.25) is 0 Å². The van der Waals surface area contributed by atoms with E-state index in [-0.39, 0.29) is 25.2 Å². The molecule has 0 spiro atoms. The predicted octanol–water partition coefficient (Wildman–Crippen LogP) is 14.0. The highest BCUT2D eigenvalue weighted by atomic mass is 16.6. The first-order valence-electron chi connectivity index (χ1n) is 21.8. The highest BCUT2D eigenvalue weighted by Gasteiger charge is 2.16. The van der Waals surface area contributed by atoms with E-state index in [0.717, 1.165) is 77.0 Å². The predicted molar refractivity (Wildman–Crippen MR) is 223 cm³/mol. The molecule has 0 aliphatic heterocycles. The molecule has 0 fully saturated rings. The molecular formula is C47H82O5. The van der Waals surface area contributed by atoms with Crippen LogP contribution >= 0.6 is 0 Å². The topological polar surface area (TPSA) is 72.8 Å². The molecule has 0 aliphatic carbocycles. The molecule has 0 saturated heterocycles. The number of aliphatic hydroxyl groups is 1. The van der Waals surface area contributed by atoms with E-state index in [1.165, 1.54) is 103 Å². The lowest BCUT2D eigenvalue weighted by molar-refractivity contribution is -0.161. The van der Waals surface area contributed by atoms with E-state index in [0.29, 0.717) is 12.8 Å². The van der Waals surface area contributed by atoms with Gasteiger partial charge < -0.3 is 14.6 Å². The van der Waals surface area contributed by atoms with Gasteiger partial charge in [-0.1, -0.05) is 177 Å². The maximum Gasteiger partial charge on any atom is 0.306 e. The van der Waals surface area contributed by atoms with Gasteiger partial charge in [0.15, 0.2) is 6.10 Å². The molecule has 0 aromatic heterocycles. The summed E-state index contributed by atoms with van der Waals surface area (Å²) in [4.78, 5) is 24.3. The first kappa shape index (κ1) is 49.6. The molecule has 0 heterocycles. The Morgan fingerprint density at radius 3 is 1.27 bits per heavy atom. The van der Waals surface area contributed by atoms with Crippen molar-refractivity contribution in [3.8, 4) is 0 Å². The second kappa shape index (κ2) is 43.0. The van der Waals surface area contributed by atoms with Crippen LogP contribution in [0.2, 0.25) is 0 Å². The van der Waals surface area contributed by atoms with E-state index >= 15 is 0 Å². The molecule has 0 rings (SSSR count). The summed E-state index contributed by atoms with van der Waals surface area (Å²) < 4.78 is 10.6. The molecular weight excluding hydrogens is 645 g/mol. The van der Waals surface area contributed by atoms with Gasteiger partial charge >= 0.3 is 11.9 Å². The summed E-state index contributed by atoms with van der Waals surface area (Å²) in [6.07, 6.45) is 55.8. The third-order valence-electron chi connectivity index (χ3n) is 9.30. The van der Waals surface area contributed by atoms with E-state index in [2.05, 4.69) is 74.6 Å². The van der Waals surface area contributed by atoms with Crippen molar-refractivity contribution < 1.29 is 24.2 Å². The zero-order valence-electron chi connectivity index (χ0n) is 34.1. The van der Waals surface area contributed by atoms with Gasteiger partial charge in [0.05, 0.1) is 6.61 Å². The van der Waals surface area contributed by atoms with Crippen LogP contribution in [0.4, 0.5) is 0 Å². The lowest BCUT2D eigenvalue weighted by Gasteiger charge is -2.15. The van der Waals surface area contributed by atoms with Crippen molar-refractivity contribution in [2.24, 2.45) is 0 Å². The van der Waals surface area contributed by atoms with Gasteiger partial charge in [0, 0.05) is 12.8 Å². The number of hydrogen-bond donors (Lipinski definition) is 1. The Kier molecular flexibility index (Phi) is 41.0. The van der Waals surface area contributed by atoms with E-state index in [1.807, 2.05) is 0 Å². The van der Waals surface area contributed by atoms with Crippen molar-refractivity contribution >= 4 is 11.9 Å². The number of hydrogen-bond acceptors (Lipinski definition) is 5. The average molecular weight is 727 g/mol. The molecule has 0 unspecified atom stereocenters. The van der Waals surface area contributed by atoms with Gasteiger partial charge in [-0.05, 0) is 77.0 Å². The zero-order valence-corrected chi connectivity index (χ0v) is 34.1. The monoisotopic (exact) mass is 727 g/mol. The van der Waals surface area contributed by atoms with Crippen molar-refractivity contribution in [1.82, 2.24) is 0 Å². The second-order valence-electron chi connectivity index (χ2n) is 14.4. The number of ether oxygens (including phenoxy) is 2. The minimum atomic E-state index is -0.783. The Hall–Kier alpha value is -2.40. The Bertz CT molecular complexity index is 915. The highest BCUT2D eigenvalue weighted by Crippen LogP contribution is 2.14. The number of rotatable bonds is 39. The SMILES string of the molecule is CCC=CCC=CCC=CCC=CCCCCCCC(=O)OC[C@H](CO)OC(=O)CCCCCCCCCCCCCC=CCCCCCCCC. The number of esters is 2. The van der Waals surface area contributed by atoms with Crippen molar-refractivity contribution in [2.45, 2.75) is 213 Å². The van der Waals surface area contributed by atoms with Crippen molar-refractivity contribution in [3.63, 3.8) is 0 Å². The fourth-order valence-electron chi connectivity index (χ4n) is 6.01. The normalized spacial score (nSPS) is 12.8. The molecule has 0 amide bonds. The van der Waals surface area contributed by atoms with Crippen LogP contribution in [-0.2, 0) is 19.1 Å². The molecule has 300 valence electrons. The summed E-state index contributed by atoms with van der Waals surface area (Å²) >= 11 is 0. The van der Waals surface area contributed by atoms with Gasteiger partial charge in [-0.15, -0.1) is 0 Å². The minimum Gasteiger partial charge on any atom is -0.462 e. The van der Waals surface area contributed by atoms with Crippen LogP contribution < -0.4 is 0 Å². The second-order valence-corrected chi connectivity index (χ2v) is 14.4. The van der Waals surface area contributed by atoms with Gasteiger partial charge in [-0.25, -0.2) is 0 Å². The van der Waals surface area contributed by atoms with Crippen molar-refractivity contribution in [1.29, 1.82) is 0 Å². The summed E-state index contributed by atoms with van der Waals surface area (Å²) in [6, 6.07) is 0. The quantitative estimate of drug-likeness (QED) is 0.0388. The molecule has 0 aromatic rings. The Morgan fingerprint density at radius 1 is 0.462 bits per heavy atom. The lowest BCUT2D eigenvalue weighted by Crippen LogP contribution is -2.28. The summed E-state index contributed by atoms with van der Waals surface area (Å²) in [7, 11) is 0. The van der Waals surface area contributed by atoms with E-state index in [9.17, 15) is 14.7 Å². The number of allylic oxidation sites excluding steroid dienone is 10. The fourth-order valence-corrected chi connectivity index (χ4v) is 6.01. The average Bonchev–Trinajstić information content (AvgIpc) is 3.15. The van der Waals surface area contributed by atoms with Crippen LogP contribution in [0, 0.1) is 0 Å². The summed E-state index contributed by atoms with van der Waals surface area (Å²) in [5.74, 6) is -0.619. The number of carbonyl (C=O) groups is 2. The number of aliphatic hydroxyl groups excluding tert-OH is 1. The lowest BCUT2D eigenvalue weighted by atomic mass is 10.0. The molecule has 0 aliphatic rings. The number of carbonyl (C=O) groups excluding carboxylic acids is 2. The molecule has 5 nitrogen and oxygen atoms in total. The van der Waals surface area contributed by atoms with Gasteiger partial charge in [0.1, 0.15) is 6.61 Å². The molecule has 1 atom stereocenters. The zero-order chi connectivity index (χ0) is 37.8. The molecule has 1 N–H and O–H groups in total. The molecule has 0 bridgehead atoms. The molecule has 0 saturated carbocycles. The smallest absolute Gasteiger partial charge is 0.306 e. The Labute approximate surface area is 321 Å². The third kappa shape index (κ3) is 40.4. The summed E-state index contributed by atoms with van der Waals surface area (Å²) in [5, 5.41) is 9.58. The van der Waals surface area contributed by atoms with Gasteiger partial charge in [-0.2, -0.15) is 0 Å². The van der Waals surface area contributed by atoms with Crippen LogP contribution in [0.1, 0.15) is 206 Å². The minimum absolute atomic E-state index is 0.0801. The third-order valence-corrected chi connectivity index (χ3v) is 9.30. The highest BCUT2D eigenvalue weighted by molar-refractivity contribution is 5.70. The first-order valence-corrected chi connectivity index (χ1v) is 21.8. The summed E-state index contributed by atoms with van der Waals surface area (Å²) in [6.45, 7) is 4.00. The first-order chi connectivity index (χ1) is 25.6. The van der Waals surface area contributed by atoms with E-state index in [1.54, 1.807) is 0 Å². The molecule has 52 heavy (non-hydrogen) atoms. The maximum atomic E-state index is 12.2. The van der Waals surface area contributed by atoms with E-state index < -0.39 is 6.10 Å². The van der Waals surface area contributed by atoms with Crippen LogP contribution in [0.15, 0.2) is 60.8 Å². The number of unbranched alkanes of at least 4 members (excludes halogenated alkanes) is 21. The van der Waals surface area contributed by atoms with Crippen LogP contribution in [-0.4, -0.2) is 36.4 Å². The van der Waals surface area contributed by atoms with Crippen molar-refractivity contribution in [3.05, 3.63) is 60.8 Å². The maximum absolute atomic E-state index is 12.2. The Morgan fingerprint density at radius 2 is 0.827 bits per heavy atom. The van der Waals surface area contributed by atoms with E-state index in [4.69, 9.17) is 9.47 Å². The standard InChI is InChI=1S/C47H82O5/c1-3-5-7-9-11-13-15-17-19-21-22-23-24-26-28-30-32-34-36-38-40-42-47(50)52-45(43-48)44-51-46(49)41-39-37-35-33-31-29-27-25-20-18-16-14-12-10-8-6-4-2/h6,8,12,14,17-20,27,29,45,48H,3-5,7,9-11,13,15-16,21-26,28,30-44H2,1-2H3/t45-/m0/s1. The molecule has 0 aromatic carbocycles. The largest absolute Gasteiger partial charge is 0.462 e. The van der Waals surface area contributed by atoms with Crippen LogP contribution in [0.25, 0.3) is 0 Å². The molecule has 5 heteroatoms. The van der Waals surface area contributed by atoms with Gasteiger partial charge in [-0.3, -0.25) is 9.59 Å². The van der Waals surface area contributed by atoms with Gasteiger partial charge in [0.25, 0.3) is 0 Å². The van der Waals surface area contributed by atoms with Crippen molar-refractivity contribution in [2.75, 3.05) is 13.2 Å². The van der Waals surface area contributed by atoms with Crippen LogP contribution in [0.3, 0.4) is 0 Å². The Balaban J connectivity index is 3.57. The molecule has 0 radical (unpaired) electrons. The summed E-state index contributed by atoms with van der Waals surface area (Å²) in [5.41, 5.74) is 0. The van der Waals surface area contributed by atoms with Crippen LogP contribution in [0.5, 0.6) is 0 Å². The fraction of sp³-hybridized carbons (Fsp3) is 0.745.